The molecule has 0 atom stereocenters. The van der Waals surface area contributed by atoms with Gasteiger partial charge in [-0.25, -0.2) is 0 Å². The summed E-state index contributed by atoms with van der Waals surface area (Å²) in [4.78, 5) is 14.0. The average Bonchev–Trinajstić information content (AvgIpc) is 2.54. The zero-order valence-corrected chi connectivity index (χ0v) is 12.4. The second kappa shape index (κ2) is 7.38. The first kappa shape index (κ1) is 15.0. The van der Waals surface area contributed by atoms with Gasteiger partial charge in [0.15, 0.2) is 11.6 Å². The van der Waals surface area contributed by atoms with Gasteiger partial charge in [-0.05, 0) is 30.7 Å². The third-order valence-corrected chi connectivity index (χ3v) is 3.17. The second-order valence-corrected chi connectivity index (χ2v) is 4.87. The molecule has 1 amide bonds. The number of aromatic nitrogens is 2. The van der Waals surface area contributed by atoms with Crippen molar-refractivity contribution in [2.24, 2.45) is 0 Å². The Hall–Kier alpha value is -2.43. The molecule has 5 nitrogen and oxygen atoms in total. The van der Waals surface area contributed by atoms with Crippen molar-refractivity contribution < 1.29 is 4.79 Å². The van der Waals surface area contributed by atoms with Crippen LogP contribution in [-0.2, 0) is 0 Å². The average molecular weight is 284 g/mol. The number of anilines is 2. The van der Waals surface area contributed by atoms with Crippen molar-refractivity contribution in [2.45, 2.75) is 19.8 Å². The molecule has 0 aliphatic heterocycles. The van der Waals surface area contributed by atoms with Crippen LogP contribution in [0.4, 0.5) is 11.6 Å². The lowest BCUT2D eigenvalue weighted by atomic mass is 10.2. The summed E-state index contributed by atoms with van der Waals surface area (Å²) in [5.41, 5.74) is 0.600. The minimum Gasteiger partial charge on any atom is -0.358 e. The highest BCUT2D eigenvalue weighted by molar-refractivity contribution is 6.03. The number of amides is 1. The molecule has 2 aromatic rings. The van der Waals surface area contributed by atoms with E-state index in [-0.39, 0.29) is 5.91 Å². The Bertz CT molecular complexity index is 569. The molecule has 0 aliphatic rings. The van der Waals surface area contributed by atoms with Crippen LogP contribution in [-0.4, -0.2) is 29.7 Å². The van der Waals surface area contributed by atoms with Crippen LogP contribution in [0.5, 0.6) is 0 Å². The van der Waals surface area contributed by atoms with Gasteiger partial charge >= 0.3 is 0 Å². The molecule has 0 fully saturated rings. The number of hydrogen-bond acceptors (Lipinski definition) is 4. The molecule has 0 radical (unpaired) electrons. The van der Waals surface area contributed by atoms with Crippen molar-refractivity contribution in [3.63, 3.8) is 0 Å². The van der Waals surface area contributed by atoms with E-state index in [1.54, 1.807) is 18.2 Å². The van der Waals surface area contributed by atoms with Gasteiger partial charge in [0.05, 0.1) is 0 Å². The van der Waals surface area contributed by atoms with Gasteiger partial charge < -0.3 is 10.2 Å². The Labute approximate surface area is 125 Å². The smallest absolute Gasteiger partial charge is 0.256 e. The molecule has 1 N–H and O–H groups in total. The van der Waals surface area contributed by atoms with Gasteiger partial charge in [0.2, 0.25) is 0 Å². The van der Waals surface area contributed by atoms with E-state index in [4.69, 9.17) is 0 Å². The van der Waals surface area contributed by atoms with Gasteiger partial charge in [-0.1, -0.05) is 31.5 Å². The third kappa shape index (κ3) is 4.27. The summed E-state index contributed by atoms with van der Waals surface area (Å²) < 4.78 is 0. The van der Waals surface area contributed by atoms with Gasteiger partial charge in [-0.15, -0.1) is 10.2 Å². The van der Waals surface area contributed by atoms with Crippen LogP contribution in [0, 0.1) is 0 Å². The lowest BCUT2D eigenvalue weighted by Gasteiger charge is -2.16. The summed E-state index contributed by atoms with van der Waals surface area (Å²) in [6.45, 7) is 3.10. The molecular weight excluding hydrogens is 264 g/mol. The Kier molecular flexibility index (Phi) is 5.26. The number of unbranched alkanes of at least 4 members (excludes halogenated alkanes) is 1. The fraction of sp³-hybridized carbons (Fsp3) is 0.312. The predicted octanol–water partition coefficient (Wildman–Crippen LogP) is 2.97. The summed E-state index contributed by atoms with van der Waals surface area (Å²) >= 11 is 0. The highest BCUT2D eigenvalue weighted by Crippen LogP contribution is 2.11. The van der Waals surface area contributed by atoms with Crippen LogP contribution >= 0.6 is 0 Å². The lowest BCUT2D eigenvalue weighted by Crippen LogP contribution is -2.20. The molecule has 0 saturated carbocycles. The Balaban J connectivity index is 1.98. The molecule has 0 saturated heterocycles. The summed E-state index contributed by atoms with van der Waals surface area (Å²) in [6.07, 6.45) is 2.26. The maximum atomic E-state index is 12.0. The minimum atomic E-state index is -0.183. The van der Waals surface area contributed by atoms with E-state index in [0.29, 0.717) is 11.4 Å². The maximum absolute atomic E-state index is 12.0. The van der Waals surface area contributed by atoms with Crippen molar-refractivity contribution >= 4 is 17.5 Å². The zero-order chi connectivity index (χ0) is 15.1. The lowest BCUT2D eigenvalue weighted by molar-refractivity contribution is 0.102. The van der Waals surface area contributed by atoms with Gasteiger partial charge in [-0.2, -0.15) is 0 Å². The topological polar surface area (TPSA) is 58.1 Å². The second-order valence-electron chi connectivity index (χ2n) is 4.87. The van der Waals surface area contributed by atoms with Crippen molar-refractivity contribution in [2.75, 3.05) is 23.8 Å². The van der Waals surface area contributed by atoms with Crippen LogP contribution in [0.15, 0.2) is 42.5 Å². The standard InChI is InChI=1S/C16H20N4O/c1-3-4-12-20(2)15-11-10-14(18-19-15)17-16(21)13-8-6-5-7-9-13/h5-11H,3-4,12H2,1-2H3,(H,17,18,21). The first-order valence-electron chi connectivity index (χ1n) is 7.12. The fourth-order valence-corrected chi connectivity index (χ4v) is 1.88. The summed E-state index contributed by atoms with van der Waals surface area (Å²) in [5, 5.41) is 10.9. The van der Waals surface area contributed by atoms with E-state index in [9.17, 15) is 4.79 Å². The molecule has 21 heavy (non-hydrogen) atoms. The van der Waals surface area contributed by atoms with Crippen molar-refractivity contribution in [3.05, 3.63) is 48.0 Å². The molecule has 5 heteroatoms. The number of hydrogen-bond donors (Lipinski definition) is 1. The molecule has 110 valence electrons. The molecule has 0 unspecified atom stereocenters. The molecule has 1 aromatic heterocycles. The summed E-state index contributed by atoms with van der Waals surface area (Å²) in [7, 11) is 1.99. The largest absolute Gasteiger partial charge is 0.358 e. The van der Waals surface area contributed by atoms with E-state index in [2.05, 4.69) is 27.3 Å². The molecule has 2 rings (SSSR count). The van der Waals surface area contributed by atoms with Gasteiger partial charge in [0, 0.05) is 19.2 Å². The highest BCUT2D eigenvalue weighted by atomic mass is 16.1. The first-order valence-corrected chi connectivity index (χ1v) is 7.12. The molecule has 1 heterocycles. The first-order chi connectivity index (χ1) is 10.2. The maximum Gasteiger partial charge on any atom is 0.256 e. The summed E-state index contributed by atoms with van der Waals surface area (Å²) in [6, 6.07) is 12.7. The van der Waals surface area contributed by atoms with E-state index in [1.165, 1.54) is 0 Å². The number of benzene rings is 1. The van der Waals surface area contributed by atoms with Crippen LogP contribution in [0.2, 0.25) is 0 Å². The molecule has 1 aromatic carbocycles. The zero-order valence-electron chi connectivity index (χ0n) is 12.4. The quantitative estimate of drug-likeness (QED) is 0.886. The van der Waals surface area contributed by atoms with Gasteiger partial charge in [0.25, 0.3) is 5.91 Å². The molecule has 0 aliphatic carbocycles. The van der Waals surface area contributed by atoms with Crippen molar-refractivity contribution in [1.82, 2.24) is 10.2 Å². The van der Waals surface area contributed by atoms with Gasteiger partial charge in [0.1, 0.15) is 0 Å². The van der Waals surface area contributed by atoms with E-state index in [1.807, 2.05) is 31.3 Å². The Morgan fingerprint density at radius 2 is 1.90 bits per heavy atom. The van der Waals surface area contributed by atoms with Crippen molar-refractivity contribution in [1.29, 1.82) is 0 Å². The number of carbonyl (C=O) groups is 1. The Morgan fingerprint density at radius 1 is 1.14 bits per heavy atom. The normalized spacial score (nSPS) is 10.2. The molecule has 0 spiro atoms. The van der Waals surface area contributed by atoms with Crippen LogP contribution in [0.3, 0.4) is 0 Å². The summed E-state index contributed by atoms with van der Waals surface area (Å²) in [5.74, 6) is 1.08. The fourth-order valence-electron chi connectivity index (χ4n) is 1.88. The number of carbonyl (C=O) groups excluding carboxylic acids is 1. The van der Waals surface area contributed by atoms with E-state index >= 15 is 0 Å². The predicted molar refractivity (Wildman–Crippen MR) is 84.6 cm³/mol. The number of rotatable bonds is 6. The van der Waals surface area contributed by atoms with Gasteiger partial charge in [-0.3, -0.25) is 4.79 Å². The Morgan fingerprint density at radius 3 is 2.52 bits per heavy atom. The van der Waals surface area contributed by atoms with Crippen LogP contribution in [0.1, 0.15) is 30.1 Å². The SMILES string of the molecule is CCCCN(C)c1ccc(NC(=O)c2ccccc2)nn1. The number of nitrogens with zero attached hydrogens (tertiary/aromatic N) is 3. The van der Waals surface area contributed by atoms with E-state index in [0.717, 1.165) is 25.2 Å². The molecular formula is C16H20N4O. The monoisotopic (exact) mass is 284 g/mol. The van der Waals surface area contributed by atoms with Crippen LogP contribution < -0.4 is 10.2 Å². The van der Waals surface area contributed by atoms with Crippen molar-refractivity contribution in [3.8, 4) is 0 Å². The van der Waals surface area contributed by atoms with E-state index < -0.39 is 0 Å². The minimum absolute atomic E-state index is 0.183. The number of nitrogens with one attached hydrogen (secondary N) is 1. The third-order valence-electron chi connectivity index (χ3n) is 3.17. The van der Waals surface area contributed by atoms with Crippen LogP contribution in [0.25, 0.3) is 0 Å². The highest BCUT2D eigenvalue weighted by Gasteiger charge is 2.07. The molecule has 0 bridgehead atoms.